The predicted octanol–water partition coefficient (Wildman–Crippen LogP) is -0.590. The molecule has 0 unspecified atom stereocenters. The summed E-state index contributed by atoms with van der Waals surface area (Å²) in [5, 5.41) is 7.68. The average Bonchev–Trinajstić information content (AvgIpc) is 2.39. The Morgan fingerprint density at radius 2 is 2.31 bits per heavy atom. The van der Waals surface area contributed by atoms with E-state index < -0.39 is 5.91 Å². The summed E-state index contributed by atoms with van der Waals surface area (Å²) >= 11 is 0. The van der Waals surface area contributed by atoms with Gasteiger partial charge in [0.05, 0.1) is 0 Å². The summed E-state index contributed by atoms with van der Waals surface area (Å²) in [4.78, 5) is 11.0. The Labute approximate surface area is 73.1 Å². The highest BCUT2D eigenvalue weighted by Gasteiger charge is 2.14. The summed E-state index contributed by atoms with van der Waals surface area (Å²) in [6.07, 6.45) is 1.55. The summed E-state index contributed by atoms with van der Waals surface area (Å²) in [6, 6.07) is 3.36. The van der Waals surface area contributed by atoms with E-state index in [0.717, 1.165) is 0 Å². The number of carbonyl (C=O) groups is 1. The molecule has 6 nitrogen and oxygen atoms in total. The van der Waals surface area contributed by atoms with E-state index in [0.29, 0.717) is 5.52 Å². The van der Waals surface area contributed by atoms with Crippen LogP contribution in [-0.2, 0) is 0 Å². The minimum absolute atomic E-state index is 0.103. The van der Waals surface area contributed by atoms with Crippen LogP contribution in [0.2, 0.25) is 0 Å². The predicted molar refractivity (Wildman–Crippen MR) is 45.9 cm³/mol. The van der Waals surface area contributed by atoms with Crippen molar-refractivity contribution < 1.29 is 4.79 Å². The second kappa shape index (κ2) is 2.44. The molecule has 0 aliphatic heterocycles. The first kappa shape index (κ1) is 7.53. The van der Waals surface area contributed by atoms with Gasteiger partial charge in [0.2, 0.25) is 0 Å². The maximum atomic E-state index is 11.0. The van der Waals surface area contributed by atoms with Crippen molar-refractivity contribution in [3.63, 3.8) is 0 Å². The molecule has 0 bridgehead atoms. The van der Waals surface area contributed by atoms with Gasteiger partial charge >= 0.3 is 0 Å². The molecule has 0 aliphatic carbocycles. The molecule has 0 atom stereocenters. The molecule has 0 saturated carbocycles. The zero-order valence-electron chi connectivity index (χ0n) is 6.64. The number of nitrogens with two attached hydrogens (primary N) is 2. The third-order valence-electron chi connectivity index (χ3n) is 1.69. The van der Waals surface area contributed by atoms with Crippen molar-refractivity contribution in [2.24, 2.45) is 5.73 Å². The number of nitrogens with zero attached hydrogens (tertiary/aromatic N) is 3. The normalized spacial score (nSPS) is 10.5. The number of fused-ring (bicyclic) bond motifs is 1. The van der Waals surface area contributed by atoms with E-state index in [4.69, 9.17) is 11.5 Å². The van der Waals surface area contributed by atoms with Crippen molar-refractivity contribution in [3.05, 3.63) is 23.9 Å². The lowest BCUT2D eigenvalue weighted by Gasteiger charge is -1.91. The number of primary amides is 1. The maximum absolute atomic E-state index is 11.0. The second-order valence-corrected chi connectivity index (χ2v) is 2.52. The van der Waals surface area contributed by atoms with Crippen LogP contribution in [0.1, 0.15) is 10.4 Å². The summed E-state index contributed by atoms with van der Waals surface area (Å²) < 4.78 is 1.27. The van der Waals surface area contributed by atoms with Gasteiger partial charge in [0.15, 0.2) is 5.82 Å². The summed E-state index contributed by atoms with van der Waals surface area (Å²) in [5.41, 5.74) is 11.3. The first-order valence-corrected chi connectivity index (χ1v) is 3.59. The second-order valence-electron chi connectivity index (χ2n) is 2.52. The molecule has 2 heterocycles. The Morgan fingerprint density at radius 3 is 3.00 bits per heavy atom. The topological polar surface area (TPSA) is 99.3 Å². The fourth-order valence-electron chi connectivity index (χ4n) is 1.16. The van der Waals surface area contributed by atoms with E-state index in [-0.39, 0.29) is 11.4 Å². The number of aromatic nitrogens is 3. The van der Waals surface area contributed by atoms with E-state index >= 15 is 0 Å². The van der Waals surface area contributed by atoms with Crippen LogP contribution >= 0.6 is 0 Å². The first-order chi connectivity index (χ1) is 6.20. The highest BCUT2D eigenvalue weighted by Crippen LogP contribution is 2.14. The van der Waals surface area contributed by atoms with Gasteiger partial charge in [0, 0.05) is 6.20 Å². The van der Waals surface area contributed by atoms with Crippen LogP contribution in [0.3, 0.4) is 0 Å². The molecular weight excluding hydrogens is 170 g/mol. The fraction of sp³-hybridized carbons (Fsp3) is 0. The minimum Gasteiger partial charge on any atom is -0.381 e. The van der Waals surface area contributed by atoms with Crippen molar-refractivity contribution in [1.82, 2.24) is 14.8 Å². The van der Waals surface area contributed by atoms with Gasteiger partial charge in [0.25, 0.3) is 5.91 Å². The van der Waals surface area contributed by atoms with Gasteiger partial charge in [0.1, 0.15) is 11.1 Å². The van der Waals surface area contributed by atoms with Crippen LogP contribution in [0.5, 0.6) is 0 Å². The van der Waals surface area contributed by atoms with Crippen molar-refractivity contribution >= 4 is 17.2 Å². The van der Waals surface area contributed by atoms with Crippen LogP contribution in [-0.4, -0.2) is 20.7 Å². The molecule has 0 radical (unpaired) electrons. The first-order valence-electron chi connectivity index (χ1n) is 3.59. The molecule has 1 amide bonds. The molecular formula is C7H7N5O. The van der Waals surface area contributed by atoms with Crippen LogP contribution in [0.15, 0.2) is 18.3 Å². The SMILES string of the molecule is NC(=O)c1c(N)nn2ncccc12. The number of carbonyl (C=O) groups excluding carboxylic acids is 1. The molecule has 2 aromatic rings. The Hall–Kier alpha value is -2.11. The van der Waals surface area contributed by atoms with E-state index in [2.05, 4.69) is 10.2 Å². The van der Waals surface area contributed by atoms with Gasteiger partial charge in [-0.05, 0) is 12.1 Å². The Bertz CT molecular complexity index is 475. The van der Waals surface area contributed by atoms with Crippen molar-refractivity contribution in [2.45, 2.75) is 0 Å². The van der Waals surface area contributed by atoms with Gasteiger partial charge < -0.3 is 11.5 Å². The van der Waals surface area contributed by atoms with Gasteiger partial charge in [-0.25, -0.2) is 0 Å². The third kappa shape index (κ3) is 0.994. The lowest BCUT2D eigenvalue weighted by molar-refractivity contribution is 0.100. The molecule has 13 heavy (non-hydrogen) atoms. The van der Waals surface area contributed by atoms with E-state index in [1.807, 2.05) is 0 Å². The molecule has 2 aromatic heterocycles. The highest BCUT2D eigenvalue weighted by molar-refractivity contribution is 6.03. The largest absolute Gasteiger partial charge is 0.381 e. The summed E-state index contributed by atoms with van der Waals surface area (Å²) in [5.74, 6) is -0.494. The number of hydrogen-bond donors (Lipinski definition) is 2. The van der Waals surface area contributed by atoms with Gasteiger partial charge in [-0.3, -0.25) is 4.79 Å². The van der Waals surface area contributed by atoms with E-state index in [9.17, 15) is 4.79 Å². The minimum atomic E-state index is -0.597. The molecule has 0 fully saturated rings. The quantitative estimate of drug-likeness (QED) is 0.608. The lowest BCUT2D eigenvalue weighted by atomic mass is 10.2. The molecule has 2 rings (SSSR count). The smallest absolute Gasteiger partial charge is 0.254 e. The van der Waals surface area contributed by atoms with Crippen LogP contribution < -0.4 is 11.5 Å². The highest BCUT2D eigenvalue weighted by atomic mass is 16.1. The van der Waals surface area contributed by atoms with Gasteiger partial charge in [-0.1, -0.05) is 0 Å². The van der Waals surface area contributed by atoms with Gasteiger partial charge in [-0.2, -0.15) is 5.10 Å². The number of rotatable bonds is 1. The lowest BCUT2D eigenvalue weighted by Crippen LogP contribution is -2.12. The molecule has 0 aromatic carbocycles. The fourth-order valence-corrected chi connectivity index (χ4v) is 1.16. The Kier molecular flexibility index (Phi) is 1.42. The number of nitrogen functional groups attached to an aromatic ring is 1. The monoisotopic (exact) mass is 177 g/mol. The number of anilines is 1. The zero-order valence-corrected chi connectivity index (χ0v) is 6.64. The summed E-state index contributed by atoms with van der Waals surface area (Å²) in [7, 11) is 0. The molecule has 6 heteroatoms. The van der Waals surface area contributed by atoms with Gasteiger partial charge in [-0.15, -0.1) is 9.73 Å². The molecule has 66 valence electrons. The Morgan fingerprint density at radius 1 is 1.54 bits per heavy atom. The molecule has 4 N–H and O–H groups in total. The van der Waals surface area contributed by atoms with Crippen molar-refractivity contribution in [3.8, 4) is 0 Å². The zero-order chi connectivity index (χ0) is 9.42. The molecule has 0 saturated heterocycles. The van der Waals surface area contributed by atoms with Crippen molar-refractivity contribution in [2.75, 3.05) is 5.73 Å². The number of hydrogen-bond acceptors (Lipinski definition) is 4. The molecule has 0 spiro atoms. The Balaban J connectivity index is 2.86. The van der Waals surface area contributed by atoms with Crippen LogP contribution in [0, 0.1) is 0 Å². The third-order valence-corrected chi connectivity index (χ3v) is 1.69. The summed E-state index contributed by atoms with van der Waals surface area (Å²) in [6.45, 7) is 0. The van der Waals surface area contributed by atoms with E-state index in [1.54, 1.807) is 18.3 Å². The van der Waals surface area contributed by atoms with Crippen LogP contribution in [0.4, 0.5) is 5.82 Å². The van der Waals surface area contributed by atoms with E-state index in [1.165, 1.54) is 4.63 Å². The van der Waals surface area contributed by atoms with Crippen molar-refractivity contribution in [1.29, 1.82) is 0 Å². The standard InChI is InChI=1S/C7H7N5O/c8-6-5(7(9)13)4-2-1-3-10-12(4)11-6/h1-3H,(H2,8,11)(H2,9,13). The molecule has 0 aliphatic rings. The number of amides is 1. The maximum Gasteiger partial charge on any atom is 0.254 e. The van der Waals surface area contributed by atoms with Crippen LogP contribution in [0.25, 0.3) is 5.52 Å². The average molecular weight is 177 g/mol.